The van der Waals surface area contributed by atoms with Gasteiger partial charge >= 0.3 is 0 Å². The third-order valence-electron chi connectivity index (χ3n) is 3.47. The molecule has 1 aromatic carbocycles. The number of hydrogen-bond acceptors (Lipinski definition) is 3. The number of likely N-dealkylation sites (N-methyl/N-ethyl adjacent to an activating group) is 1. The summed E-state index contributed by atoms with van der Waals surface area (Å²) in [6, 6.07) is 8.91. The number of rotatable bonds is 4. The lowest BCUT2D eigenvalue weighted by Gasteiger charge is -2.27. The minimum atomic E-state index is 0.147. The van der Waals surface area contributed by atoms with Crippen LogP contribution in [0.3, 0.4) is 0 Å². The van der Waals surface area contributed by atoms with Gasteiger partial charge in [-0.05, 0) is 24.1 Å². The van der Waals surface area contributed by atoms with E-state index >= 15 is 0 Å². The van der Waals surface area contributed by atoms with Crippen LogP contribution in [0.1, 0.15) is 36.6 Å². The lowest BCUT2D eigenvalue weighted by atomic mass is 10.1. The SMILES string of the molecule is CCN(CCO)C1CC(N)c2ccccc21. The molecule has 2 unspecified atom stereocenters. The number of aliphatic hydroxyl groups is 1. The molecule has 2 rings (SSSR count). The van der Waals surface area contributed by atoms with Gasteiger partial charge in [0, 0.05) is 18.6 Å². The van der Waals surface area contributed by atoms with E-state index in [0.29, 0.717) is 6.04 Å². The lowest BCUT2D eigenvalue weighted by molar-refractivity contribution is 0.153. The number of fused-ring (bicyclic) bond motifs is 1. The van der Waals surface area contributed by atoms with E-state index in [1.807, 2.05) is 6.07 Å². The van der Waals surface area contributed by atoms with Crippen molar-refractivity contribution in [2.75, 3.05) is 19.7 Å². The highest BCUT2D eigenvalue weighted by molar-refractivity contribution is 5.37. The maximum atomic E-state index is 9.07. The van der Waals surface area contributed by atoms with E-state index < -0.39 is 0 Å². The van der Waals surface area contributed by atoms with E-state index in [0.717, 1.165) is 19.5 Å². The van der Waals surface area contributed by atoms with Crippen LogP contribution in [-0.4, -0.2) is 29.7 Å². The lowest BCUT2D eigenvalue weighted by Crippen LogP contribution is -2.30. The van der Waals surface area contributed by atoms with Crippen LogP contribution < -0.4 is 5.73 Å². The van der Waals surface area contributed by atoms with Crippen molar-refractivity contribution in [3.63, 3.8) is 0 Å². The Balaban J connectivity index is 2.25. The molecule has 88 valence electrons. The molecule has 0 aliphatic heterocycles. The normalized spacial score (nSPS) is 23.8. The Morgan fingerprint density at radius 1 is 1.38 bits per heavy atom. The van der Waals surface area contributed by atoms with Gasteiger partial charge in [-0.25, -0.2) is 0 Å². The molecule has 0 heterocycles. The highest BCUT2D eigenvalue weighted by Crippen LogP contribution is 2.40. The zero-order chi connectivity index (χ0) is 11.5. The molecule has 0 bridgehead atoms. The van der Waals surface area contributed by atoms with Crippen LogP contribution in [-0.2, 0) is 0 Å². The molecular weight excluding hydrogens is 200 g/mol. The van der Waals surface area contributed by atoms with Crippen LogP contribution in [0, 0.1) is 0 Å². The molecule has 1 aliphatic rings. The van der Waals surface area contributed by atoms with Crippen LogP contribution in [0.5, 0.6) is 0 Å². The molecule has 0 spiro atoms. The Labute approximate surface area is 96.9 Å². The predicted molar refractivity (Wildman–Crippen MR) is 65.1 cm³/mol. The molecule has 1 aromatic rings. The Morgan fingerprint density at radius 2 is 2.06 bits per heavy atom. The summed E-state index contributed by atoms with van der Waals surface area (Å²) in [7, 11) is 0. The molecule has 1 aliphatic carbocycles. The van der Waals surface area contributed by atoms with Crippen molar-refractivity contribution in [1.29, 1.82) is 0 Å². The zero-order valence-corrected chi connectivity index (χ0v) is 9.76. The largest absolute Gasteiger partial charge is 0.395 e. The number of hydrogen-bond donors (Lipinski definition) is 2. The fourth-order valence-corrected chi connectivity index (χ4v) is 2.66. The molecule has 0 saturated heterocycles. The van der Waals surface area contributed by atoms with Crippen LogP contribution in [0.15, 0.2) is 24.3 Å². The van der Waals surface area contributed by atoms with Gasteiger partial charge in [-0.1, -0.05) is 31.2 Å². The summed E-state index contributed by atoms with van der Waals surface area (Å²) in [5, 5.41) is 9.07. The van der Waals surface area contributed by atoms with Gasteiger partial charge in [0.15, 0.2) is 0 Å². The number of benzene rings is 1. The van der Waals surface area contributed by atoms with Crippen molar-refractivity contribution in [3.05, 3.63) is 35.4 Å². The van der Waals surface area contributed by atoms with E-state index in [2.05, 4.69) is 30.0 Å². The molecule has 3 nitrogen and oxygen atoms in total. The molecule has 2 atom stereocenters. The first-order valence-electron chi connectivity index (χ1n) is 5.97. The number of nitrogens with zero attached hydrogens (tertiary/aromatic N) is 1. The van der Waals surface area contributed by atoms with Crippen molar-refractivity contribution in [1.82, 2.24) is 4.90 Å². The van der Waals surface area contributed by atoms with Crippen molar-refractivity contribution in [2.24, 2.45) is 5.73 Å². The monoisotopic (exact) mass is 220 g/mol. The molecule has 0 amide bonds. The van der Waals surface area contributed by atoms with E-state index in [9.17, 15) is 0 Å². The standard InChI is InChI=1S/C13H20N2O/c1-2-15(7-8-16)13-9-12(14)10-5-3-4-6-11(10)13/h3-6,12-13,16H,2,7-9,14H2,1H3. The summed E-state index contributed by atoms with van der Waals surface area (Å²) in [6.45, 7) is 4.01. The average Bonchev–Trinajstić information content (AvgIpc) is 2.65. The Bertz CT molecular complexity index is 354. The fraction of sp³-hybridized carbons (Fsp3) is 0.538. The zero-order valence-electron chi connectivity index (χ0n) is 9.76. The molecule has 0 aromatic heterocycles. The first-order valence-corrected chi connectivity index (χ1v) is 5.97. The molecule has 0 radical (unpaired) electrons. The molecule has 3 heteroatoms. The van der Waals surface area contributed by atoms with Crippen molar-refractivity contribution >= 4 is 0 Å². The second-order valence-electron chi connectivity index (χ2n) is 4.34. The highest BCUT2D eigenvalue weighted by atomic mass is 16.3. The molecule has 0 saturated carbocycles. The van der Waals surface area contributed by atoms with Gasteiger partial charge < -0.3 is 10.8 Å². The average molecular weight is 220 g/mol. The maximum Gasteiger partial charge on any atom is 0.0558 e. The predicted octanol–water partition coefficient (Wildman–Crippen LogP) is 1.45. The third-order valence-corrected chi connectivity index (χ3v) is 3.47. The first-order chi connectivity index (χ1) is 7.77. The van der Waals surface area contributed by atoms with Gasteiger partial charge in [-0.3, -0.25) is 4.90 Å². The van der Waals surface area contributed by atoms with Crippen molar-refractivity contribution < 1.29 is 5.11 Å². The van der Waals surface area contributed by atoms with E-state index in [-0.39, 0.29) is 12.6 Å². The highest BCUT2D eigenvalue weighted by Gasteiger charge is 2.31. The Hall–Kier alpha value is -0.900. The minimum absolute atomic E-state index is 0.147. The van der Waals surface area contributed by atoms with Crippen LogP contribution in [0.2, 0.25) is 0 Å². The van der Waals surface area contributed by atoms with Gasteiger partial charge in [0.25, 0.3) is 0 Å². The van der Waals surface area contributed by atoms with Crippen LogP contribution in [0.25, 0.3) is 0 Å². The van der Waals surface area contributed by atoms with Crippen LogP contribution in [0.4, 0.5) is 0 Å². The number of nitrogens with two attached hydrogens (primary N) is 1. The first kappa shape index (κ1) is 11.6. The topological polar surface area (TPSA) is 49.5 Å². The van der Waals surface area contributed by atoms with Gasteiger partial charge in [-0.15, -0.1) is 0 Å². The fourth-order valence-electron chi connectivity index (χ4n) is 2.66. The van der Waals surface area contributed by atoms with Crippen LogP contribution >= 0.6 is 0 Å². The van der Waals surface area contributed by atoms with Gasteiger partial charge in [0.2, 0.25) is 0 Å². The van der Waals surface area contributed by atoms with Gasteiger partial charge in [-0.2, -0.15) is 0 Å². The van der Waals surface area contributed by atoms with Gasteiger partial charge in [0.1, 0.15) is 0 Å². The maximum absolute atomic E-state index is 9.07. The van der Waals surface area contributed by atoms with Crippen molar-refractivity contribution in [3.8, 4) is 0 Å². The van der Waals surface area contributed by atoms with E-state index in [1.54, 1.807) is 0 Å². The van der Waals surface area contributed by atoms with Crippen molar-refractivity contribution in [2.45, 2.75) is 25.4 Å². The second kappa shape index (κ2) is 4.95. The molecule has 16 heavy (non-hydrogen) atoms. The summed E-state index contributed by atoms with van der Waals surface area (Å²) in [5.74, 6) is 0. The Kier molecular flexibility index (Phi) is 3.59. The minimum Gasteiger partial charge on any atom is -0.395 e. The third kappa shape index (κ3) is 1.98. The summed E-state index contributed by atoms with van der Waals surface area (Å²) in [5.41, 5.74) is 8.74. The molecular formula is C13H20N2O. The van der Waals surface area contributed by atoms with E-state index in [1.165, 1.54) is 11.1 Å². The van der Waals surface area contributed by atoms with E-state index in [4.69, 9.17) is 10.8 Å². The summed E-state index contributed by atoms with van der Waals surface area (Å²) < 4.78 is 0. The van der Waals surface area contributed by atoms with Gasteiger partial charge in [0.05, 0.1) is 6.61 Å². The quantitative estimate of drug-likeness (QED) is 0.807. The summed E-state index contributed by atoms with van der Waals surface area (Å²) >= 11 is 0. The smallest absolute Gasteiger partial charge is 0.0558 e. The number of aliphatic hydroxyl groups excluding tert-OH is 1. The summed E-state index contributed by atoms with van der Waals surface area (Å²) in [4.78, 5) is 2.30. The second-order valence-corrected chi connectivity index (χ2v) is 4.34. The Morgan fingerprint density at radius 3 is 2.69 bits per heavy atom. The summed E-state index contributed by atoms with van der Waals surface area (Å²) in [6.07, 6.45) is 0.965. The molecule has 0 fully saturated rings. The molecule has 3 N–H and O–H groups in total.